The second kappa shape index (κ2) is 3.10. The van der Waals surface area contributed by atoms with Gasteiger partial charge in [0.2, 0.25) is 0 Å². The number of aldehydes is 1. The number of phenolic OH excluding ortho intramolecular Hbond substituents is 2. The summed E-state index contributed by atoms with van der Waals surface area (Å²) >= 11 is 0. The molecule has 0 saturated carbocycles. The third-order valence-electron chi connectivity index (χ3n) is 1.49. The molecule has 0 aliphatic heterocycles. The Morgan fingerprint density at radius 2 is 2.00 bits per heavy atom. The molecule has 0 fully saturated rings. The van der Waals surface area contributed by atoms with E-state index in [0.29, 0.717) is 0 Å². The summed E-state index contributed by atoms with van der Waals surface area (Å²) in [6, 6.07) is 1.89. The van der Waals surface area contributed by atoms with E-state index in [1.54, 1.807) is 0 Å². The average Bonchev–Trinajstić information content (AvgIpc) is 2.09. The minimum absolute atomic E-state index is 0.118. The Morgan fingerprint density at radius 1 is 1.38 bits per heavy atom. The molecule has 0 aliphatic rings. The molecule has 0 spiro atoms. The summed E-state index contributed by atoms with van der Waals surface area (Å²) in [4.78, 5) is 19.8. The van der Waals surface area contributed by atoms with E-state index in [2.05, 4.69) is 0 Å². The van der Waals surface area contributed by atoms with Gasteiger partial charge in [-0.1, -0.05) is 0 Å². The van der Waals surface area contributed by atoms with Gasteiger partial charge in [0.15, 0.2) is 17.8 Å². The van der Waals surface area contributed by atoms with Crippen LogP contribution in [0.5, 0.6) is 11.5 Å². The lowest BCUT2D eigenvalue weighted by Gasteiger charge is -2.00. The number of hydrogen-bond acceptors (Lipinski definition) is 5. The van der Waals surface area contributed by atoms with Crippen molar-refractivity contribution < 1.29 is 19.9 Å². The first-order valence-corrected chi connectivity index (χ1v) is 3.22. The fourth-order valence-electron chi connectivity index (χ4n) is 0.861. The van der Waals surface area contributed by atoms with Gasteiger partial charge in [0.05, 0.1) is 4.92 Å². The number of carbonyl (C=O) groups excluding carboxylic acids is 1. The SMILES string of the molecule is O=Cc1c([N+](=O)[O-])ccc(O)c1O. The van der Waals surface area contributed by atoms with E-state index in [1.165, 1.54) is 0 Å². The number of phenols is 2. The Balaban J connectivity index is 3.47. The van der Waals surface area contributed by atoms with E-state index in [-0.39, 0.29) is 6.29 Å². The monoisotopic (exact) mass is 183 g/mol. The van der Waals surface area contributed by atoms with Crippen molar-refractivity contribution in [2.24, 2.45) is 0 Å². The van der Waals surface area contributed by atoms with E-state index < -0.39 is 27.7 Å². The van der Waals surface area contributed by atoms with Gasteiger partial charge in [-0.05, 0) is 6.07 Å². The minimum Gasteiger partial charge on any atom is -0.504 e. The summed E-state index contributed by atoms with van der Waals surface area (Å²) < 4.78 is 0. The van der Waals surface area contributed by atoms with Crippen molar-refractivity contribution in [1.82, 2.24) is 0 Å². The van der Waals surface area contributed by atoms with Gasteiger partial charge in [0.1, 0.15) is 5.56 Å². The average molecular weight is 183 g/mol. The molecule has 0 amide bonds. The van der Waals surface area contributed by atoms with Crippen LogP contribution in [0.1, 0.15) is 10.4 Å². The summed E-state index contributed by atoms with van der Waals surface area (Å²) in [5.74, 6) is -1.34. The number of hydrogen-bond donors (Lipinski definition) is 2. The molecule has 68 valence electrons. The van der Waals surface area contributed by atoms with Crippen molar-refractivity contribution in [3.63, 3.8) is 0 Å². The number of nitro groups is 1. The number of benzene rings is 1. The van der Waals surface area contributed by atoms with Crippen LogP contribution in [0.4, 0.5) is 5.69 Å². The van der Waals surface area contributed by atoms with Crippen LogP contribution >= 0.6 is 0 Å². The third kappa shape index (κ3) is 1.41. The highest BCUT2D eigenvalue weighted by molar-refractivity contribution is 5.86. The Bertz CT molecular complexity index is 373. The molecule has 13 heavy (non-hydrogen) atoms. The molecule has 0 heterocycles. The molecule has 1 aromatic carbocycles. The highest BCUT2D eigenvalue weighted by Crippen LogP contribution is 2.33. The lowest BCUT2D eigenvalue weighted by Crippen LogP contribution is -1.94. The number of carbonyl (C=O) groups is 1. The van der Waals surface area contributed by atoms with Crippen molar-refractivity contribution >= 4 is 12.0 Å². The first kappa shape index (κ1) is 8.98. The Kier molecular flexibility index (Phi) is 2.14. The van der Waals surface area contributed by atoms with Crippen molar-refractivity contribution in [1.29, 1.82) is 0 Å². The molecule has 0 bridgehead atoms. The van der Waals surface area contributed by atoms with Crippen LogP contribution in [0, 0.1) is 10.1 Å². The van der Waals surface area contributed by atoms with Crippen LogP contribution in [-0.4, -0.2) is 21.4 Å². The molecule has 2 N–H and O–H groups in total. The van der Waals surface area contributed by atoms with Gasteiger partial charge >= 0.3 is 0 Å². The predicted octanol–water partition coefficient (Wildman–Crippen LogP) is 0.818. The second-order valence-electron chi connectivity index (χ2n) is 2.24. The van der Waals surface area contributed by atoms with Crippen LogP contribution < -0.4 is 0 Å². The summed E-state index contributed by atoms with van der Waals surface area (Å²) in [5.41, 5.74) is -1.06. The smallest absolute Gasteiger partial charge is 0.283 e. The highest BCUT2D eigenvalue weighted by atomic mass is 16.6. The molecule has 1 rings (SSSR count). The topological polar surface area (TPSA) is 101 Å². The molecular weight excluding hydrogens is 178 g/mol. The molecule has 6 heteroatoms. The number of nitrogens with zero attached hydrogens (tertiary/aromatic N) is 1. The maximum absolute atomic E-state index is 10.3. The number of aromatic hydroxyl groups is 2. The van der Waals surface area contributed by atoms with Crippen LogP contribution in [0.25, 0.3) is 0 Å². The van der Waals surface area contributed by atoms with Crippen molar-refractivity contribution in [3.05, 3.63) is 27.8 Å². The summed E-state index contributed by atoms with van der Waals surface area (Å²) in [6.45, 7) is 0. The molecule has 0 radical (unpaired) electrons. The number of nitro benzene ring substituents is 1. The summed E-state index contributed by atoms with van der Waals surface area (Å²) in [6.07, 6.45) is 0.118. The van der Waals surface area contributed by atoms with Crippen LogP contribution in [0.15, 0.2) is 12.1 Å². The predicted molar refractivity (Wildman–Crippen MR) is 41.8 cm³/mol. The molecule has 1 aromatic rings. The van der Waals surface area contributed by atoms with Crippen molar-refractivity contribution in [2.45, 2.75) is 0 Å². The van der Waals surface area contributed by atoms with Gasteiger partial charge in [-0.2, -0.15) is 0 Å². The van der Waals surface area contributed by atoms with Crippen LogP contribution in [-0.2, 0) is 0 Å². The molecule has 0 aliphatic carbocycles. The van der Waals surface area contributed by atoms with E-state index in [4.69, 9.17) is 10.2 Å². The molecular formula is C7H5NO5. The fraction of sp³-hybridized carbons (Fsp3) is 0. The zero-order valence-electron chi connectivity index (χ0n) is 6.30. The van der Waals surface area contributed by atoms with Gasteiger partial charge in [0, 0.05) is 6.07 Å². The Morgan fingerprint density at radius 3 is 2.46 bits per heavy atom. The first-order chi connectivity index (χ1) is 6.07. The van der Waals surface area contributed by atoms with Crippen LogP contribution in [0.2, 0.25) is 0 Å². The van der Waals surface area contributed by atoms with E-state index in [9.17, 15) is 14.9 Å². The summed E-state index contributed by atoms with van der Waals surface area (Å²) in [5, 5.41) is 28.2. The lowest BCUT2D eigenvalue weighted by molar-refractivity contribution is -0.385. The zero-order chi connectivity index (χ0) is 10.0. The second-order valence-corrected chi connectivity index (χ2v) is 2.24. The maximum atomic E-state index is 10.3. The van der Waals surface area contributed by atoms with Gasteiger partial charge in [0.25, 0.3) is 5.69 Å². The molecule has 6 nitrogen and oxygen atoms in total. The van der Waals surface area contributed by atoms with Gasteiger partial charge in [-0.15, -0.1) is 0 Å². The quantitative estimate of drug-likeness (QED) is 0.306. The molecule has 0 aromatic heterocycles. The van der Waals surface area contributed by atoms with E-state index in [0.717, 1.165) is 12.1 Å². The Labute approximate surface area is 72.2 Å². The summed E-state index contributed by atoms with van der Waals surface area (Å²) in [7, 11) is 0. The largest absolute Gasteiger partial charge is 0.504 e. The highest BCUT2D eigenvalue weighted by Gasteiger charge is 2.19. The zero-order valence-corrected chi connectivity index (χ0v) is 6.30. The van der Waals surface area contributed by atoms with Gasteiger partial charge < -0.3 is 10.2 Å². The third-order valence-corrected chi connectivity index (χ3v) is 1.49. The fourth-order valence-corrected chi connectivity index (χ4v) is 0.861. The van der Waals surface area contributed by atoms with Crippen molar-refractivity contribution in [3.8, 4) is 11.5 Å². The van der Waals surface area contributed by atoms with E-state index >= 15 is 0 Å². The molecule has 0 atom stereocenters. The normalized spacial score (nSPS) is 9.54. The van der Waals surface area contributed by atoms with E-state index in [1.807, 2.05) is 0 Å². The van der Waals surface area contributed by atoms with Gasteiger partial charge in [-0.3, -0.25) is 14.9 Å². The standard InChI is InChI=1S/C7H5NO5/c9-3-4-5(8(12)13)1-2-6(10)7(4)11/h1-3,10-11H. The maximum Gasteiger partial charge on any atom is 0.283 e. The first-order valence-electron chi connectivity index (χ1n) is 3.22. The van der Waals surface area contributed by atoms with Crippen LogP contribution in [0.3, 0.4) is 0 Å². The molecule has 0 unspecified atom stereocenters. The van der Waals surface area contributed by atoms with Gasteiger partial charge in [-0.25, -0.2) is 0 Å². The lowest BCUT2D eigenvalue weighted by atomic mass is 10.1. The molecule has 0 saturated heterocycles. The van der Waals surface area contributed by atoms with Crippen molar-refractivity contribution in [2.75, 3.05) is 0 Å². The Hall–Kier alpha value is -2.11. The minimum atomic E-state index is -0.817. The number of rotatable bonds is 2.